The maximum absolute atomic E-state index is 12.2. The topological polar surface area (TPSA) is 20.3 Å². The molecule has 1 saturated carbocycles. The molecule has 110 valence electrons. The van der Waals surface area contributed by atoms with Crippen LogP contribution in [0.1, 0.15) is 45.1 Å². The Hall–Kier alpha value is -1.31. The number of benzene rings is 1. The fraction of sp³-hybridized carbons (Fsp3) is 0.611. The Kier molecular flexibility index (Phi) is 5.22. The van der Waals surface area contributed by atoms with Gasteiger partial charge in [-0.25, -0.2) is 0 Å². The van der Waals surface area contributed by atoms with E-state index in [1.165, 1.54) is 17.7 Å². The van der Waals surface area contributed by atoms with Gasteiger partial charge in [0.25, 0.3) is 0 Å². The molecule has 1 aromatic rings. The molecule has 2 atom stereocenters. The third kappa shape index (κ3) is 3.62. The van der Waals surface area contributed by atoms with E-state index in [0.717, 1.165) is 38.3 Å². The van der Waals surface area contributed by atoms with Crippen molar-refractivity contribution in [3.05, 3.63) is 29.8 Å². The summed E-state index contributed by atoms with van der Waals surface area (Å²) in [5, 5.41) is 0. The quantitative estimate of drug-likeness (QED) is 0.800. The van der Waals surface area contributed by atoms with Crippen LogP contribution in [0.2, 0.25) is 0 Å². The number of carbonyl (C=O) groups excluding carboxylic acids is 1. The van der Waals surface area contributed by atoms with Crippen molar-refractivity contribution in [3.8, 4) is 0 Å². The van der Waals surface area contributed by atoms with Crippen LogP contribution in [0, 0.1) is 18.8 Å². The van der Waals surface area contributed by atoms with Crippen LogP contribution >= 0.6 is 0 Å². The highest BCUT2D eigenvalue weighted by Crippen LogP contribution is 2.30. The highest BCUT2D eigenvalue weighted by atomic mass is 16.1. The predicted molar refractivity (Wildman–Crippen MR) is 85.2 cm³/mol. The SMILES string of the molecule is CCC1CCC(=O)C(CN(CC)c2cccc(C)c2)C1. The molecule has 0 saturated heterocycles. The van der Waals surface area contributed by atoms with Crippen molar-refractivity contribution in [3.63, 3.8) is 0 Å². The second kappa shape index (κ2) is 6.92. The molecule has 0 aliphatic heterocycles. The monoisotopic (exact) mass is 273 g/mol. The van der Waals surface area contributed by atoms with Gasteiger partial charge in [-0.2, -0.15) is 0 Å². The summed E-state index contributed by atoms with van der Waals surface area (Å²) >= 11 is 0. The molecular formula is C18H27NO. The smallest absolute Gasteiger partial charge is 0.137 e. The van der Waals surface area contributed by atoms with Crippen LogP contribution in [0.15, 0.2) is 24.3 Å². The van der Waals surface area contributed by atoms with Crippen LogP contribution in [0.5, 0.6) is 0 Å². The summed E-state index contributed by atoms with van der Waals surface area (Å²) < 4.78 is 0. The molecule has 2 nitrogen and oxygen atoms in total. The van der Waals surface area contributed by atoms with Gasteiger partial charge in [-0.05, 0) is 50.3 Å². The van der Waals surface area contributed by atoms with Gasteiger partial charge in [0.05, 0.1) is 0 Å². The zero-order chi connectivity index (χ0) is 14.5. The average molecular weight is 273 g/mol. The number of nitrogens with zero attached hydrogens (tertiary/aromatic N) is 1. The van der Waals surface area contributed by atoms with Gasteiger partial charge in [-0.3, -0.25) is 4.79 Å². The van der Waals surface area contributed by atoms with Crippen LogP contribution < -0.4 is 4.90 Å². The van der Waals surface area contributed by atoms with Crippen LogP contribution in [0.3, 0.4) is 0 Å². The van der Waals surface area contributed by atoms with E-state index < -0.39 is 0 Å². The van der Waals surface area contributed by atoms with Gasteiger partial charge < -0.3 is 4.90 Å². The van der Waals surface area contributed by atoms with Gasteiger partial charge in [0.2, 0.25) is 0 Å². The number of carbonyl (C=O) groups is 1. The third-order valence-corrected chi connectivity index (χ3v) is 4.64. The van der Waals surface area contributed by atoms with E-state index in [9.17, 15) is 4.79 Å². The Labute approximate surface area is 123 Å². The molecule has 2 unspecified atom stereocenters. The highest BCUT2D eigenvalue weighted by Gasteiger charge is 2.29. The molecule has 0 spiro atoms. The van der Waals surface area contributed by atoms with Crippen molar-refractivity contribution < 1.29 is 4.79 Å². The molecular weight excluding hydrogens is 246 g/mol. The first kappa shape index (κ1) is 15.1. The number of rotatable bonds is 5. The fourth-order valence-corrected chi connectivity index (χ4v) is 3.26. The van der Waals surface area contributed by atoms with Crippen LogP contribution in [0.4, 0.5) is 5.69 Å². The second-order valence-electron chi connectivity index (χ2n) is 6.09. The van der Waals surface area contributed by atoms with Crippen molar-refractivity contribution in [1.82, 2.24) is 0 Å². The van der Waals surface area contributed by atoms with Crippen LogP contribution in [-0.2, 0) is 4.79 Å². The molecule has 0 N–H and O–H groups in total. The van der Waals surface area contributed by atoms with Crippen molar-refractivity contribution in [2.24, 2.45) is 11.8 Å². The predicted octanol–water partition coefficient (Wildman–Crippen LogP) is 4.22. The number of anilines is 1. The third-order valence-electron chi connectivity index (χ3n) is 4.64. The number of Topliss-reactive ketones (excluding diaryl/α,β-unsaturated/α-hetero) is 1. The molecule has 0 radical (unpaired) electrons. The summed E-state index contributed by atoms with van der Waals surface area (Å²) in [7, 11) is 0. The van der Waals surface area contributed by atoms with Crippen molar-refractivity contribution >= 4 is 11.5 Å². The molecule has 1 aliphatic carbocycles. The Morgan fingerprint density at radius 1 is 1.30 bits per heavy atom. The number of hydrogen-bond acceptors (Lipinski definition) is 2. The van der Waals surface area contributed by atoms with E-state index in [4.69, 9.17) is 0 Å². The Balaban J connectivity index is 2.07. The minimum atomic E-state index is 0.231. The molecule has 0 bridgehead atoms. The minimum Gasteiger partial charge on any atom is -0.371 e. The number of hydrogen-bond donors (Lipinski definition) is 0. The number of ketones is 1. The summed E-state index contributed by atoms with van der Waals surface area (Å²) in [5.74, 6) is 1.45. The maximum Gasteiger partial charge on any atom is 0.137 e. The Morgan fingerprint density at radius 2 is 2.10 bits per heavy atom. The zero-order valence-corrected chi connectivity index (χ0v) is 13.1. The first-order valence-electron chi connectivity index (χ1n) is 7.98. The van der Waals surface area contributed by atoms with Crippen molar-refractivity contribution in [2.75, 3.05) is 18.0 Å². The van der Waals surface area contributed by atoms with Gasteiger partial charge in [0.1, 0.15) is 5.78 Å². The van der Waals surface area contributed by atoms with Crippen LogP contribution in [-0.4, -0.2) is 18.9 Å². The number of aryl methyl sites for hydroxylation is 1. The molecule has 0 heterocycles. The first-order chi connectivity index (χ1) is 9.63. The van der Waals surface area contributed by atoms with Gasteiger partial charge in [0.15, 0.2) is 0 Å². The maximum atomic E-state index is 12.2. The lowest BCUT2D eigenvalue weighted by Gasteiger charge is -2.33. The van der Waals surface area contributed by atoms with Gasteiger partial charge in [-0.1, -0.05) is 25.5 Å². The lowest BCUT2D eigenvalue weighted by molar-refractivity contribution is -0.125. The summed E-state index contributed by atoms with van der Waals surface area (Å²) in [6.07, 6.45) is 4.18. The molecule has 20 heavy (non-hydrogen) atoms. The van der Waals surface area contributed by atoms with E-state index >= 15 is 0 Å². The second-order valence-corrected chi connectivity index (χ2v) is 6.09. The molecule has 2 rings (SSSR count). The molecule has 1 fully saturated rings. The zero-order valence-electron chi connectivity index (χ0n) is 13.1. The normalized spacial score (nSPS) is 22.9. The minimum absolute atomic E-state index is 0.231. The van der Waals surface area contributed by atoms with E-state index in [1.54, 1.807) is 0 Å². The molecule has 0 aromatic heterocycles. The summed E-state index contributed by atoms with van der Waals surface area (Å²) in [6.45, 7) is 8.39. The molecule has 0 amide bonds. The van der Waals surface area contributed by atoms with Gasteiger partial charge in [-0.15, -0.1) is 0 Å². The van der Waals surface area contributed by atoms with Crippen molar-refractivity contribution in [2.45, 2.75) is 46.5 Å². The van der Waals surface area contributed by atoms with E-state index in [0.29, 0.717) is 5.78 Å². The highest BCUT2D eigenvalue weighted by molar-refractivity contribution is 5.82. The van der Waals surface area contributed by atoms with Crippen LogP contribution in [0.25, 0.3) is 0 Å². The summed E-state index contributed by atoms with van der Waals surface area (Å²) in [4.78, 5) is 14.5. The molecule has 1 aliphatic rings. The summed E-state index contributed by atoms with van der Waals surface area (Å²) in [5.41, 5.74) is 2.53. The van der Waals surface area contributed by atoms with E-state index in [-0.39, 0.29) is 5.92 Å². The molecule has 1 aromatic carbocycles. The van der Waals surface area contributed by atoms with Gasteiger partial charge >= 0.3 is 0 Å². The Bertz CT molecular complexity index is 454. The van der Waals surface area contributed by atoms with Crippen molar-refractivity contribution in [1.29, 1.82) is 0 Å². The first-order valence-corrected chi connectivity index (χ1v) is 7.98. The molecule has 2 heteroatoms. The average Bonchev–Trinajstić information content (AvgIpc) is 2.46. The largest absolute Gasteiger partial charge is 0.371 e. The van der Waals surface area contributed by atoms with E-state index in [1.807, 2.05) is 0 Å². The Morgan fingerprint density at radius 3 is 2.75 bits per heavy atom. The standard InChI is InChI=1S/C18H27NO/c1-4-15-9-10-18(20)16(12-15)13-19(5-2)17-8-6-7-14(3)11-17/h6-8,11,15-16H,4-5,9-10,12-13H2,1-3H3. The lowest BCUT2D eigenvalue weighted by atomic mass is 9.79. The summed E-state index contributed by atoms with van der Waals surface area (Å²) in [6, 6.07) is 8.59. The van der Waals surface area contributed by atoms with Gasteiger partial charge in [0, 0.05) is 31.1 Å². The lowest BCUT2D eigenvalue weighted by Crippen LogP contribution is -2.36. The van der Waals surface area contributed by atoms with E-state index in [2.05, 4.69) is 49.9 Å². The fourth-order valence-electron chi connectivity index (χ4n) is 3.26.